The maximum atomic E-state index is 11.7. The molecule has 6 nitrogen and oxygen atoms in total. The smallest absolute Gasteiger partial charge is 0.328 e. The molecule has 0 atom stereocenters. The van der Waals surface area contributed by atoms with Crippen LogP contribution in [0.1, 0.15) is 40.0 Å². The molecule has 2 amide bonds. The van der Waals surface area contributed by atoms with Crippen LogP contribution < -0.4 is 10.6 Å². The van der Waals surface area contributed by atoms with Crippen molar-refractivity contribution in [2.75, 3.05) is 19.6 Å². The second-order valence-corrected chi connectivity index (χ2v) is 5.64. The molecule has 0 aromatic heterocycles. The fourth-order valence-corrected chi connectivity index (χ4v) is 2.18. The van der Waals surface area contributed by atoms with Gasteiger partial charge in [0.05, 0.1) is 0 Å². The van der Waals surface area contributed by atoms with Gasteiger partial charge in [0.15, 0.2) is 0 Å². The number of rotatable bonds is 5. The maximum absolute atomic E-state index is 11.7. The summed E-state index contributed by atoms with van der Waals surface area (Å²) in [5.74, 6) is -1.04. The van der Waals surface area contributed by atoms with E-state index in [1.54, 1.807) is 0 Å². The standard InChI is InChI=1S/C13H25N3O3/c1-4-7-16-8-5-10(6-9-16)14-12(19)15-13(2,3)11(17)18/h10H,4-9H2,1-3H3,(H,17,18)(H2,14,15,19). The fourth-order valence-electron chi connectivity index (χ4n) is 2.18. The third kappa shape index (κ3) is 5.06. The average Bonchev–Trinajstić information content (AvgIpc) is 2.31. The number of carboxylic acids is 1. The number of nitrogens with one attached hydrogen (secondary N) is 2. The third-order valence-corrected chi connectivity index (χ3v) is 3.42. The molecule has 0 radical (unpaired) electrons. The lowest BCUT2D eigenvalue weighted by Gasteiger charge is -2.32. The molecule has 0 bridgehead atoms. The van der Waals surface area contributed by atoms with Gasteiger partial charge in [0, 0.05) is 19.1 Å². The number of nitrogens with zero attached hydrogens (tertiary/aromatic N) is 1. The van der Waals surface area contributed by atoms with Gasteiger partial charge in [0.2, 0.25) is 0 Å². The van der Waals surface area contributed by atoms with Gasteiger partial charge in [-0.2, -0.15) is 0 Å². The highest BCUT2D eigenvalue weighted by atomic mass is 16.4. The molecule has 0 aromatic carbocycles. The molecule has 110 valence electrons. The molecule has 19 heavy (non-hydrogen) atoms. The Hall–Kier alpha value is -1.30. The summed E-state index contributed by atoms with van der Waals surface area (Å²) in [6, 6.07) is -0.265. The van der Waals surface area contributed by atoms with Crippen molar-refractivity contribution < 1.29 is 14.7 Å². The second-order valence-electron chi connectivity index (χ2n) is 5.64. The first-order chi connectivity index (χ1) is 8.85. The second kappa shape index (κ2) is 6.75. The monoisotopic (exact) mass is 271 g/mol. The summed E-state index contributed by atoms with van der Waals surface area (Å²) >= 11 is 0. The number of hydrogen-bond donors (Lipinski definition) is 3. The van der Waals surface area contributed by atoms with Crippen LogP contribution in [0, 0.1) is 0 Å². The van der Waals surface area contributed by atoms with Gasteiger partial charge in [-0.3, -0.25) is 0 Å². The zero-order chi connectivity index (χ0) is 14.5. The average molecular weight is 271 g/mol. The quantitative estimate of drug-likeness (QED) is 0.697. The lowest BCUT2D eigenvalue weighted by atomic mass is 10.0. The molecule has 1 aliphatic heterocycles. The van der Waals surface area contributed by atoms with E-state index in [0.29, 0.717) is 0 Å². The van der Waals surface area contributed by atoms with Gasteiger partial charge < -0.3 is 20.6 Å². The van der Waals surface area contributed by atoms with Gasteiger partial charge in [0.1, 0.15) is 5.54 Å². The molecule has 1 aliphatic rings. The third-order valence-electron chi connectivity index (χ3n) is 3.42. The van der Waals surface area contributed by atoms with E-state index in [1.165, 1.54) is 13.8 Å². The summed E-state index contributed by atoms with van der Waals surface area (Å²) in [4.78, 5) is 25.0. The molecule has 0 spiro atoms. The minimum atomic E-state index is -1.24. The van der Waals surface area contributed by atoms with Crippen molar-refractivity contribution in [3.63, 3.8) is 0 Å². The number of carboxylic acid groups (broad SMARTS) is 1. The van der Waals surface area contributed by atoms with Crippen molar-refractivity contribution in [1.29, 1.82) is 0 Å². The maximum Gasteiger partial charge on any atom is 0.328 e. The van der Waals surface area contributed by atoms with Crippen LogP contribution in [0.15, 0.2) is 0 Å². The van der Waals surface area contributed by atoms with Crippen molar-refractivity contribution in [2.45, 2.75) is 51.6 Å². The molecule has 1 fully saturated rings. The first kappa shape index (κ1) is 15.8. The molecular formula is C13H25N3O3. The number of carbonyl (C=O) groups excluding carboxylic acids is 1. The summed E-state index contributed by atoms with van der Waals surface area (Å²) in [6.07, 6.45) is 2.98. The molecular weight excluding hydrogens is 246 g/mol. The van der Waals surface area contributed by atoms with Gasteiger partial charge in [-0.25, -0.2) is 9.59 Å². The molecule has 6 heteroatoms. The summed E-state index contributed by atoms with van der Waals surface area (Å²) in [5.41, 5.74) is -1.24. The van der Waals surface area contributed by atoms with Crippen molar-refractivity contribution in [3.8, 4) is 0 Å². The Morgan fingerprint density at radius 1 is 1.32 bits per heavy atom. The topological polar surface area (TPSA) is 81.7 Å². The highest BCUT2D eigenvalue weighted by molar-refractivity contribution is 5.85. The Bertz CT molecular complexity index is 323. The largest absolute Gasteiger partial charge is 0.480 e. The predicted octanol–water partition coefficient (Wildman–Crippen LogP) is 1.02. The van der Waals surface area contributed by atoms with Crippen molar-refractivity contribution in [3.05, 3.63) is 0 Å². The molecule has 1 saturated heterocycles. The Morgan fingerprint density at radius 2 is 1.89 bits per heavy atom. The number of aliphatic carboxylic acids is 1. The van der Waals surface area contributed by atoms with Gasteiger partial charge in [-0.1, -0.05) is 6.92 Å². The number of likely N-dealkylation sites (tertiary alicyclic amines) is 1. The van der Waals surface area contributed by atoms with E-state index in [-0.39, 0.29) is 6.04 Å². The Morgan fingerprint density at radius 3 is 2.37 bits per heavy atom. The highest BCUT2D eigenvalue weighted by Gasteiger charge is 2.30. The van der Waals surface area contributed by atoms with Crippen LogP contribution in [0.4, 0.5) is 4.79 Å². The van der Waals surface area contributed by atoms with Gasteiger partial charge >= 0.3 is 12.0 Å². The van der Waals surface area contributed by atoms with E-state index in [9.17, 15) is 9.59 Å². The molecule has 1 rings (SSSR count). The van der Waals surface area contributed by atoms with Gasteiger partial charge in [-0.15, -0.1) is 0 Å². The number of carbonyl (C=O) groups is 2. The van der Waals surface area contributed by atoms with E-state index < -0.39 is 17.5 Å². The van der Waals surface area contributed by atoms with Crippen molar-refractivity contribution in [2.24, 2.45) is 0 Å². The first-order valence-corrected chi connectivity index (χ1v) is 6.89. The zero-order valence-electron chi connectivity index (χ0n) is 12.0. The summed E-state index contributed by atoms with van der Waals surface area (Å²) in [5, 5.41) is 14.3. The Labute approximate surface area is 114 Å². The van der Waals surface area contributed by atoms with Crippen LogP contribution in [-0.2, 0) is 4.79 Å². The SMILES string of the molecule is CCCN1CCC(NC(=O)NC(C)(C)C(=O)O)CC1. The minimum Gasteiger partial charge on any atom is -0.480 e. The van der Waals surface area contributed by atoms with E-state index in [0.717, 1.165) is 38.9 Å². The van der Waals surface area contributed by atoms with Crippen molar-refractivity contribution in [1.82, 2.24) is 15.5 Å². The molecule has 0 saturated carbocycles. The number of hydrogen-bond acceptors (Lipinski definition) is 3. The van der Waals surface area contributed by atoms with Crippen LogP contribution in [-0.4, -0.2) is 53.2 Å². The predicted molar refractivity (Wildman–Crippen MR) is 73.1 cm³/mol. The summed E-state index contributed by atoms with van der Waals surface area (Å²) < 4.78 is 0. The van der Waals surface area contributed by atoms with Gasteiger partial charge in [0.25, 0.3) is 0 Å². The fraction of sp³-hybridized carbons (Fsp3) is 0.846. The molecule has 1 heterocycles. The van der Waals surface area contributed by atoms with Crippen LogP contribution in [0.2, 0.25) is 0 Å². The lowest BCUT2D eigenvalue weighted by Crippen LogP contribution is -2.56. The Balaban J connectivity index is 2.33. The van der Waals surface area contributed by atoms with E-state index >= 15 is 0 Å². The molecule has 3 N–H and O–H groups in total. The Kier molecular flexibility index (Phi) is 5.60. The molecule has 0 aromatic rings. The van der Waals surface area contributed by atoms with Crippen LogP contribution in [0.3, 0.4) is 0 Å². The highest BCUT2D eigenvalue weighted by Crippen LogP contribution is 2.10. The van der Waals surface area contributed by atoms with Crippen LogP contribution in [0.5, 0.6) is 0 Å². The minimum absolute atomic E-state index is 0.137. The first-order valence-electron chi connectivity index (χ1n) is 6.89. The number of urea groups is 1. The zero-order valence-corrected chi connectivity index (χ0v) is 12.0. The summed E-state index contributed by atoms with van der Waals surface area (Å²) in [6.45, 7) is 8.18. The summed E-state index contributed by atoms with van der Waals surface area (Å²) in [7, 11) is 0. The number of amides is 2. The van der Waals surface area contributed by atoms with Crippen LogP contribution in [0.25, 0.3) is 0 Å². The number of piperidine rings is 1. The van der Waals surface area contributed by atoms with Crippen LogP contribution >= 0.6 is 0 Å². The molecule has 0 aliphatic carbocycles. The van der Waals surface area contributed by atoms with E-state index in [4.69, 9.17) is 5.11 Å². The molecule has 0 unspecified atom stereocenters. The normalized spacial score (nSPS) is 18.1. The lowest BCUT2D eigenvalue weighted by molar-refractivity contribution is -0.142. The van der Waals surface area contributed by atoms with Gasteiger partial charge in [-0.05, 0) is 39.7 Å². The van der Waals surface area contributed by atoms with Crippen molar-refractivity contribution >= 4 is 12.0 Å². The van der Waals surface area contributed by atoms with E-state index in [1.807, 2.05) is 0 Å². The van der Waals surface area contributed by atoms with E-state index in [2.05, 4.69) is 22.5 Å².